The molecule has 1 aliphatic rings. The number of ether oxygens (including phenoxy) is 2. The number of hydrogen-bond donors (Lipinski definition) is 2. The molecule has 0 fully saturated rings. The maximum Gasteiger partial charge on any atom is 0.305 e. The number of fused-ring (bicyclic) bond motifs is 1. The summed E-state index contributed by atoms with van der Waals surface area (Å²) in [5.74, 6) is -2.30. The minimum Gasteiger partial charge on any atom is -0.507 e. The van der Waals surface area contributed by atoms with Crippen LogP contribution in [0.15, 0.2) is 30.0 Å². The van der Waals surface area contributed by atoms with Crippen LogP contribution in [-0.4, -0.2) is 48.8 Å². The van der Waals surface area contributed by atoms with Gasteiger partial charge in [0.15, 0.2) is 18.1 Å². The fourth-order valence-electron chi connectivity index (χ4n) is 2.58. The molecular weight excluding hydrogens is 354 g/mol. The van der Waals surface area contributed by atoms with Crippen LogP contribution in [0, 0.1) is 0 Å². The quantitative estimate of drug-likeness (QED) is 0.496. The molecule has 8 nitrogen and oxygen atoms in total. The predicted molar refractivity (Wildman–Crippen MR) is 94.3 cm³/mol. The van der Waals surface area contributed by atoms with Gasteiger partial charge in [-0.15, -0.1) is 0 Å². The number of esters is 1. The molecule has 0 radical (unpaired) electrons. The molecule has 1 aromatic rings. The summed E-state index contributed by atoms with van der Waals surface area (Å²) in [4.78, 5) is 47.1. The lowest BCUT2D eigenvalue weighted by Gasteiger charge is -2.16. The van der Waals surface area contributed by atoms with Crippen LogP contribution in [0.4, 0.5) is 0 Å². The lowest BCUT2D eigenvalue weighted by atomic mass is 9.93. The fourth-order valence-corrected chi connectivity index (χ4v) is 2.58. The largest absolute Gasteiger partial charge is 0.507 e. The molecule has 0 aliphatic heterocycles. The second-order valence-corrected chi connectivity index (χ2v) is 5.93. The summed E-state index contributed by atoms with van der Waals surface area (Å²) < 4.78 is 9.72. The van der Waals surface area contributed by atoms with E-state index >= 15 is 0 Å². The number of benzene rings is 1. The molecule has 144 valence electrons. The SMILES string of the molecule is COC(=O)CCCCCNC(=O)COC1=CC(=O)c2c(O)cccc2C1=O. The highest BCUT2D eigenvalue weighted by Crippen LogP contribution is 2.28. The number of phenolic OH excluding ortho intramolecular Hbond substituents is 1. The highest BCUT2D eigenvalue weighted by molar-refractivity contribution is 6.24. The van der Waals surface area contributed by atoms with Crippen LogP contribution >= 0.6 is 0 Å². The minimum absolute atomic E-state index is 0.0449. The van der Waals surface area contributed by atoms with E-state index in [0.717, 1.165) is 12.5 Å². The van der Waals surface area contributed by atoms with E-state index in [2.05, 4.69) is 10.1 Å². The molecule has 27 heavy (non-hydrogen) atoms. The Hall–Kier alpha value is -3.16. The Labute approximate surface area is 156 Å². The third-order valence-corrected chi connectivity index (χ3v) is 3.99. The van der Waals surface area contributed by atoms with Gasteiger partial charge < -0.3 is 19.9 Å². The zero-order chi connectivity index (χ0) is 19.8. The number of unbranched alkanes of at least 4 members (excludes halogenated alkanes) is 2. The number of aromatic hydroxyl groups is 1. The first-order valence-electron chi connectivity index (χ1n) is 8.53. The molecule has 1 aromatic carbocycles. The van der Waals surface area contributed by atoms with E-state index in [4.69, 9.17) is 4.74 Å². The molecule has 0 bridgehead atoms. The molecule has 0 heterocycles. The molecule has 0 saturated carbocycles. The molecule has 2 rings (SSSR count). The summed E-state index contributed by atoms with van der Waals surface area (Å²) in [6.45, 7) is 0.00710. The maximum atomic E-state index is 12.3. The molecule has 1 aliphatic carbocycles. The summed E-state index contributed by atoms with van der Waals surface area (Å²) in [6, 6.07) is 4.19. The van der Waals surface area contributed by atoms with Gasteiger partial charge in [-0.25, -0.2) is 0 Å². The van der Waals surface area contributed by atoms with Gasteiger partial charge in [0.1, 0.15) is 5.75 Å². The van der Waals surface area contributed by atoms with E-state index in [1.54, 1.807) is 0 Å². The molecule has 0 aromatic heterocycles. The van der Waals surface area contributed by atoms with Crippen LogP contribution in [0.1, 0.15) is 46.4 Å². The van der Waals surface area contributed by atoms with E-state index in [0.29, 0.717) is 25.8 Å². The molecular formula is C19H21NO7. The van der Waals surface area contributed by atoms with Crippen molar-refractivity contribution >= 4 is 23.4 Å². The van der Waals surface area contributed by atoms with Gasteiger partial charge in [0.25, 0.3) is 5.91 Å². The first-order chi connectivity index (χ1) is 12.9. The Kier molecular flexibility index (Phi) is 7.10. The molecule has 0 atom stereocenters. The first kappa shape index (κ1) is 20.2. The van der Waals surface area contributed by atoms with Crippen LogP contribution in [0.5, 0.6) is 5.75 Å². The second-order valence-electron chi connectivity index (χ2n) is 5.93. The maximum absolute atomic E-state index is 12.3. The third kappa shape index (κ3) is 5.40. The number of carbonyl (C=O) groups excluding carboxylic acids is 4. The lowest BCUT2D eigenvalue weighted by molar-refractivity contribution is -0.140. The zero-order valence-corrected chi connectivity index (χ0v) is 14.9. The number of nitrogens with one attached hydrogen (secondary N) is 1. The van der Waals surface area contributed by atoms with Crippen molar-refractivity contribution in [2.45, 2.75) is 25.7 Å². The Morgan fingerprint density at radius 3 is 2.67 bits per heavy atom. The van der Waals surface area contributed by atoms with Gasteiger partial charge in [0.05, 0.1) is 12.7 Å². The van der Waals surface area contributed by atoms with Gasteiger partial charge in [0.2, 0.25) is 5.78 Å². The van der Waals surface area contributed by atoms with E-state index in [1.165, 1.54) is 25.3 Å². The molecule has 1 amide bonds. The molecule has 0 spiro atoms. The smallest absolute Gasteiger partial charge is 0.305 e. The monoisotopic (exact) mass is 375 g/mol. The van der Waals surface area contributed by atoms with Crippen molar-refractivity contribution in [3.63, 3.8) is 0 Å². The molecule has 8 heteroatoms. The van der Waals surface area contributed by atoms with Gasteiger partial charge in [-0.1, -0.05) is 12.5 Å². The van der Waals surface area contributed by atoms with Crippen LogP contribution in [0.3, 0.4) is 0 Å². The van der Waals surface area contributed by atoms with Crippen LogP contribution in [0.2, 0.25) is 0 Å². The van der Waals surface area contributed by atoms with E-state index in [1.807, 2.05) is 0 Å². The first-order valence-corrected chi connectivity index (χ1v) is 8.53. The van der Waals surface area contributed by atoms with Crippen LogP contribution < -0.4 is 5.32 Å². The van der Waals surface area contributed by atoms with Crippen molar-refractivity contribution in [2.24, 2.45) is 0 Å². The van der Waals surface area contributed by atoms with Crippen LogP contribution in [0.25, 0.3) is 0 Å². The van der Waals surface area contributed by atoms with Crippen molar-refractivity contribution in [3.8, 4) is 5.75 Å². The van der Waals surface area contributed by atoms with Gasteiger partial charge in [-0.2, -0.15) is 0 Å². The summed E-state index contributed by atoms with van der Waals surface area (Å²) in [6.07, 6.45) is 3.44. The number of methoxy groups -OCH3 is 1. The van der Waals surface area contributed by atoms with Crippen molar-refractivity contribution in [2.75, 3.05) is 20.3 Å². The van der Waals surface area contributed by atoms with Crippen molar-refractivity contribution in [3.05, 3.63) is 41.2 Å². The normalized spacial score (nSPS) is 12.9. The average Bonchev–Trinajstić information content (AvgIpc) is 2.65. The number of phenols is 1. The van der Waals surface area contributed by atoms with Gasteiger partial charge in [-0.05, 0) is 25.0 Å². The summed E-state index contributed by atoms with van der Waals surface area (Å²) in [7, 11) is 1.34. The third-order valence-electron chi connectivity index (χ3n) is 3.99. The van der Waals surface area contributed by atoms with Crippen molar-refractivity contribution in [1.29, 1.82) is 0 Å². The number of Topliss-reactive ketones (excluding diaryl/α,β-unsaturated/α-hetero) is 1. The minimum atomic E-state index is -0.559. The highest BCUT2D eigenvalue weighted by Gasteiger charge is 2.29. The number of carbonyl (C=O) groups is 4. The van der Waals surface area contributed by atoms with Gasteiger partial charge in [0, 0.05) is 24.6 Å². The van der Waals surface area contributed by atoms with Crippen molar-refractivity contribution < 1.29 is 33.8 Å². The van der Waals surface area contributed by atoms with E-state index in [9.17, 15) is 24.3 Å². The Morgan fingerprint density at radius 1 is 1.15 bits per heavy atom. The standard InChI is InChI=1S/C19H21NO7/c1-26-17(24)8-3-2-4-9-20-16(23)11-27-15-10-14(22)18-12(19(15)25)6-5-7-13(18)21/h5-7,10,21H,2-4,8-9,11H2,1H3,(H,20,23). The number of allylic oxidation sites excluding steroid dienone is 2. The number of amides is 1. The highest BCUT2D eigenvalue weighted by atomic mass is 16.5. The van der Waals surface area contributed by atoms with Gasteiger partial charge >= 0.3 is 5.97 Å². The summed E-state index contributed by atoms with van der Waals surface area (Å²) >= 11 is 0. The Bertz CT molecular complexity index is 782. The van der Waals surface area contributed by atoms with E-state index < -0.39 is 24.1 Å². The number of rotatable bonds is 9. The topological polar surface area (TPSA) is 119 Å². The molecule has 0 saturated heterocycles. The lowest BCUT2D eigenvalue weighted by Crippen LogP contribution is -2.30. The average molecular weight is 375 g/mol. The van der Waals surface area contributed by atoms with Gasteiger partial charge in [-0.3, -0.25) is 19.2 Å². The van der Waals surface area contributed by atoms with Crippen LogP contribution in [-0.2, 0) is 19.1 Å². The summed E-state index contributed by atoms with van der Waals surface area (Å²) in [5, 5.41) is 12.4. The Morgan fingerprint density at radius 2 is 1.93 bits per heavy atom. The molecule has 2 N–H and O–H groups in total. The number of hydrogen-bond acceptors (Lipinski definition) is 7. The molecule has 0 unspecified atom stereocenters. The van der Waals surface area contributed by atoms with E-state index in [-0.39, 0.29) is 28.6 Å². The second kappa shape index (κ2) is 9.51. The number of ketones is 2. The zero-order valence-electron chi connectivity index (χ0n) is 14.9. The summed E-state index contributed by atoms with van der Waals surface area (Å²) in [5.41, 5.74) is -0.0187. The van der Waals surface area contributed by atoms with Crippen molar-refractivity contribution in [1.82, 2.24) is 5.32 Å². The predicted octanol–water partition coefficient (Wildman–Crippen LogP) is 1.52. The Balaban J connectivity index is 1.75. The fraction of sp³-hybridized carbons (Fsp3) is 0.368.